The molecule has 0 atom stereocenters. The van der Waals surface area contributed by atoms with Gasteiger partial charge in [-0.15, -0.1) is 0 Å². The van der Waals surface area contributed by atoms with Crippen LogP contribution in [0.3, 0.4) is 0 Å². The zero-order valence-corrected chi connectivity index (χ0v) is 9.49. The second kappa shape index (κ2) is 4.45. The highest BCUT2D eigenvalue weighted by Gasteiger charge is 2.38. The van der Waals surface area contributed by atoms with Crippen LogP contribution in [0.4, 0.5) is 23.7 Å². The fraction of sp³-hybridized carbons (Fsp3) is 0.273. The largest absolute Gasteiger partial charge is 0.471 e. The van der Waals surface area contributed by atoms with E-state index in [4.69, 9.17) is 5.11 Å². The van der Waals surface area contributed by atoms with E-state index in [1.807, 2.05) is 0 Å². The molecular formula is C11H9F3N2O3. The highest BCUT2D eigenvalue weighted by Crippen LogP contribution is 2.26. The smallest absolute Gasteiger partial charge is 0.465 e. The van der Waals surface area contributed by atoms with Gasteiger partial charge in [-0.05, 0) is 23.3 Å². The van der Waals surface area contributed by atoms with Gasteiger partial charge in [0.15, 0.2) is 0 Å². The van der Waals surface area contributed by atoms with Crippen LogP contribution < -0.4 is 5.32 Å². The molecule has 1 aliphatic rings. The van der Waals surface area contributed by atoms with Gasteiger partial charge < -0.3 is 10.4 Å². The molecule has 1 aromatic rings. The van der Waals surface area contributed by atoms with Crippen LogP contribution >= 0.6 is 0 Å². The van der Waals surface area contributed by atoms with Gasteiger partial charge in [-0.1, -0.05) is 6.07 Å². The number of carboxylic acid groups (broad SMARTS) is 1. The van der Waals surface area contributed by atoms with Crippen LogP contribution in [-0.4, -0.2) is 28.2 Å². The summed E-state index contributed by atoms with van der Waals surface area (Å²) in [5.41, 5.74) is 1.29. The Kier molecular flexibility index (Phi) is 3.09. The summed E-state index contributed by atoms with van der Waals surface area (Å²) in [7, 11) is 0. The predicted molar refractivity (Wildman–Crippen MR) is 58.4 cm³/mol. The molecule has 0 unspecified atom stereocenters. The van der Waals surface area contributed by atoms with Gasteiger partial charge in [-0.2, -0.15) is 13.2 Å². The van der Waals surface area contributed by atoms with Gasteiger partial charge in [0, 0.05) is 18.8 Å². The van der Waals surface area contributed by atoms with E-state index in [9.17, 15) is 22.8 Å². The molecule has 0 aliphatic carbocycles. The lowest BCUT2D eigenvalue weighted by Crippen LogP contribution is -2.29. The quantitative estimate of drug-likeness (QED) is 0.824. The number of alkyl halides is 3. The molecule has 2 rings (SSSR count). The molecule has 2 amide bonds. The normalized spacial score (nSPS) is 14.2. The van der Waals surface area contributed by atoms with Crippen molar-refractivity contribution < 1.29 is 27.9 Å². The Bertz CT molecular complexity index is 542. The van der Waals surface area contributed by atoms with Crippen molar-refractivity contribution in [1.82, 2.24) is 4.90 Å². The summed E-state index contributed by atoms with van der Waals surface area (Å²) >= 11 is 0. The van der Waals surface area contributed by atoms with Gasteiger partial charge in [0.2, 0.25) is 0 Å². The zero-order chi connectivity index (χ0) is 14.2. The monoisotopic (exact) mass is 274 g/mol. The molecule has 0 bridgehead atoms. The molecular weight excluding hydrogens is 265 g/mol. The lowest BCUT2D eigenvalue weighted by Gasteiger charge is -2.09. The second-order valence-corrected chi connectivity index (χ2v) is 4.07. The molecule has 0 spiro atoms. The number of benzene rings is 1. The van der Waals surface area contributed by atoms with Crippen molar-refractivity contribution in [2.24, 2.45) is 0 Å². The predicted octanol–water partition coefficient (Wildman–Crippen LogP) is 2.18. The van der Waals surface area contributed by atoms with Crippen molar-refractivity contribution in [2.75, 3.05) is 5.32 Å². The zero-order valence-electron chi connectivity index (χ0n) is 9.49. The minimum atomic E-state index is -4.95. The van der Waals surface area contributed by atoms with E-state index in [2.05, 4.69) is 0 Å². The van der Waals surface area contributed by atoms with Crippen molar-refractivity contribution in [3.05, 3.63) is 29.3 Å². The molecule has 0 saturated carbocycles. The van der Waals surface area contributed by atoms with Crippen molar-refractivity contribution >= 4 is 17.7 Å². The van der Waals surface area contributed by atoms with Crippen molar-refractivity contribution in [2.45, 2.75) is 19.3 Å². The third-order valence-electron chi connectivity index (χ3n) is 2.71. The van der Waals surface area contributed by atoms with Gasteiger partial charge in [0.25, 0.3) is 0 Å². The molecule has 5 nitrogen and oxygen atoms in total. The van der Waals surface area contributed by atoms with Crippen LogP contribution in [0.1, 0.15) is 11.1 Å². The standard InChI is InChI=1S/C11H9F3N2O3/c12-11(13,14)9(17)15-8-2-1-6-4-16(10(18)19)5-7(6)3-8/h1-3H,4-5H2,(H,15,17)(H,18,19). The molecule has 1 aromatic carbocycles. The van der Waals surface area contributed by atoms with Crippen molar-refractivity contribution in [3.63, 3.8) is 0 Å². The number of carbonyl (C=O) groups excluding carboxylic acids is 1. The summed E-state index contributed by atoms with van der Waals surface area (Å²) < 4.78 is 36.2. The van der Waals surface area contributed by atoms with Crippen LogP contribution in [0, 0.1) is 0 Å². The van der Waals surface area contributed by atoms with E-state index in [0.717, 1.165) is 4.90 Å². The molecule has 0 aromatic heterocycles. The number of halogens is 3. The topological polar surface area (TPSA) is 69.6 Å². The van der Waals surface area contributed by atoms with Crippen molar-refractivity contribution in [3.8, 4) is 0 Å². The lowest BCUT2D eigenvalue weighted by molar-refractivity contribution is -0.167. The summed E-state index contributed by atoms with van der Waals surface area (Å²) in [6, 6.07) is 4.17. The molecule has 19 heavy (non-hydrogen) atoms. The Labute approximate surface area is 105 Å². The Morgan fingerprint density at radius 1 is 1.21 bits per heavy atom. The number of hydrogen-bond donors (Lipinski definition) is 2. The summed E-state index contributed by atoms with van der Waals surface area (Å²) in [6.07, 6.45) is -6.05. The molecule has 0 saturated heterocycles. The van der Waals surface area contributed by atoms with E-state index in [1.165, 1.54) is 18.2 Å². The molecule has 1 heterocycles. The summed E-state index contributed by atoms with van der Waals surface area (Å²) in [5, 5.41) is 10.5. The van der Waals surface area contributed by atoms with E-state index in [0.29, 0.717) is 11.1 Å². The number of nitrogens with zero attached hydrogens (tertiary/aromatic N) is 1. The van der Waals surface area contributed by atoms with E-state index < -0.39 is 18.2 Å². The Hall–Kier alpha value is -2.25. The fourth-order valence-electron chi connectivity index (χ4n) is 1.81. The maximum absolute atomic E-state index is 12.1. The van der Waals surface area contributed by atoms with Gasteiger partial charge in [-0.25, -0.2) is 4.79 Å². The van der Waals surface area contributed by atoms with Crippen LogP contribution in [0.2, 0.25) is 0 Å². The van der Waals surface area contributed by atoms with Crippen LogP contribution in [0.5, 0.6) is 0 Å². The van der Waals surface area contributed by atoms with Crippen LogP contribution in [0.15, 0.2) is 18.2 Å². The molecule has 2 N–H and O–H groups in total. The first-order valence-corrected chi connectivity index (χ1v) is 5.25. The Morgan fingerprint density at radius 3 is 2.42 bits per heavy atom. The average Bonchev–Trinajstić information content (AvgIpc) is 2.70. The maximum atomic E-state index is 12.1. The summed E-state index contributed by atoms with van der Waals surface area (Å²) in [4.78, 5) is 22.7. The SMILES string of the molecule is O=C(O)N1Cc2ccc(NC(=O)C(F)(F)F)cc2C1. The van der Waals surface area contributed by atoms with E-state index >= 15 is 0 Å². The molecule has 102 valence electrons. The van der Waals surface area contributed by atoms with Gasteiger partial charge in [-0.3, -0.25) is 9.69 Å². The highest BCUT2D eigenvalue weighted by atomic mass is 19.4. The number of hydrogen-bond acceptors (Lipinski definition) is 2. The first-order chi connectivity index (χ1) is 8.77. The van der Waals surface area contributed by atoms with Crippen molar-refractivity contribution in [1.29, 1.82) is 0 Å². The molecule has 1 aliphatic heterocycles. The van der Waals surface area contributed by atoms with Gasteiger partial charge >= 0.3 is 18.2 Å². The Morgan fingerprint density at radius 2 is 1.84 bits per heavy atom. The second-order valence-electron chi connectivity index (χ2n) is 4.07. The minimum Gasteiger partial charge on any atom is -0.465 e. The van der Waals surface area contributed by atoms with Gasteiger partial charge in [0.05, 0.1) is 0 Å². The maximum Gasteiger partial charge on any atom is 0.471 e. The first kappa shape index (κ1) is 13.2. The highest BCUT2D eigenvalue weighted by molar-refractivity contribution is 5.95. The number of carbonyl (C=O) groups is 2. The first-order valence-electron chi connectivity index (χ1n) is 5.25. The number of fused-ring (bicyclic) bond motifs is 1. The fourth-order valence-corrected chi connectivity index (χ4v) is 1.81. The average molecular weight is 274 g/mol. The Balaban J connectivity index is 2.14. The number of amides is 2. The molecule has 8 heteroatoms. The van der Waals surface area contributed by atoms with Crippen LogP contribution in [0.25, 0.3) is 0 Å². The summed E-state index contributed by atoms with van der Waals surface area (Å²) in [5.74, 6) is -2.06. The van der Waals surface area contributed by atoms with Gasteiger partial charge in [0.1, 0.15) is 0 Å². The molecule has 0 fully saturated rings. The lowest BCUT2D eigenvalue weighted by atomic mass is 10.1. The number of nitrogens with one attached hydrogen (secondary N) is 1. The number of rotatable bonds is 1. The van der Waals surface area contributed by atoms with Crippen LogP contribution in [-0.2, 0) is 17.9 Å². The van der Waals surface area contributed by atoms with E-state index in [-0.39, 0.29) is 18.8 Å². The van der Waals surface area contributed by atoms with E-state index in [1.54, 1.807) is 5.32 Å². The number of anilines is 1. The minimum absolute atomic E-state index is 0.00619. The molecule has 0 radical (unpaired) electrons. The third kappa shape index (κ3) is 2.78. The summed E-state index contributed by atoms with van der Waals surface area (Å²) in [6.45, 7) is 0.290. The third-order valence-corrected chi connectivity index (χ3v) is 2.71.